The van der Waals surface area contributed by atoms with Crippen molar-refractivity contribution in [1.82, 2.24) is 9.78 Å². The molecule has 1 heterocycles. The minimum absolute atomic E-state index is 0.371. The van der Waals surface area contributed by atoms with Crippen LogP contribution in [-0.4, -0.2) is 15.8 Å². The van der Waals surface area contributed by atoms with E-state index >= 15 is 0 Å². The van der Waals surface area contributed by atoms with Gasteiger partial charge in [-0.1, -0.05) is 25.4 Å². The van der Waals surface area contributed by atoms with Crippen LogP contribution in [0.1, 0.15) is 57.1 Å². The fourth-order valence-corrected chi connectivity index (χ4v) is 2.80. The number of rotatable bonds is 2. The largest absolute Gasteiger partial charge is 0.328 e. The Morgan fingerprint density at radius 1 is 1.38 bits per heavy atom. The van der Waals surface area contributed by atoms with E-state index in [4.69, 9.17) is 17.3 Å². The van der Waals surface area contributed by atoms with E-state index in [0.717, 1.165) is 36.4 Å². The quantitative estimate of drug-likeness (QED) is 0.865. The molecule has 0 aromatic carbocycles. The van der Waals surface area contributed by atoms with Gasteiger partial charge >= 0.3 is 0 Å². The summed E-state index contributed by atoms with van der Waals surface area (Å²) in [6.45, 7) is 4.29. The monoisotopic (exact) mass is 241 g/mol. The van der Waals surface area contributed by atoms with E-state index in [1.807, 2.05) is 10.9 Å². The molecule has 1 fully saturated rings. The molecule has 0 unspecified atom stereocenters. The highest BCUT2D eigenvalue weighted by molar-refractivity contribution is 6.30. The molecule has 4 heteroatoms. The van der Waals surface area contributed by atoms with E-state index in [2.05, 4.69) is 18.9 Å². The molecule has 0 atom stereocenters. The molecule has 3 nitrogen and oxygen atoms in total. The van der Waals surface area contributed by atoms with Gasteiger partial charge in [0.05, 0.1) is 12.2 Å². The second-order valence-electron chi connectivity index (χ2n) is 5.06. The van der Waals surface area contributed by atoms with Gasteiger partial charge in [-0.05, 0) is 31.6 Å². The Bertz CT molecular complexity index is 351. The van der Waals surface area contributed by atoms with Crippen LogP contribution in [0.4, 0.5) is 0 Å². The molecule has 0 radical (unpaired) electrons. The zero-order chi connectivity index (χ0) is 11.7. The molecule has 90 valence electrons. The number of hydrogen-bond donors (Lipinski definition) is 1. The van der Waals surface area contributed by atoms with E-state index in [9.17, 15) is 0 Å². The topological polar surface area (TPSA) is 43.8 Å². The van der Waals surface area contributed by atoms with Gasteiger partial charge in [0, 0.05) is 11.6 Å². The lowest BCUT2D eigenvalue weighted by Gasteiger charge is -2.26. The van der Waals surface area contributed by atoms with Gasteiger partial charge in [-0.2, -0.15) is 5.10 Å². The van der Waals surface area contributed by atoms with Gasteiger partial charge in [0.15, 0.2) is 0 Å². The SMILES string of the molecule is CC(C)c1cnn(C2CCC(N)CC2)c1Cl. The van der Waals surface area contributed by atoms with Gasteiger partial charge in [0.25, 0.3) is 0 Å². The van der Waals surface area contributed by atoms with Crippen molar-refractivity contribution in [3.05, 3.63) is 16.9 Å². The number of halogens is 1. The first-order chi connectivity index (χ1) is 7.59. The maximum Gasteiger partial charge on any atom is 0.130 e. The standard InChI is InChI=1S/C12H20ClN3/c1-8(2)11-7-15-16(12(11)13)10-5-3-9(14)4-6-10/h7-10H,3-6,14H2,1-2H3. The second-order valence-corrected chi connectivity index (χ2v) is 5.42. The van der Waals surface area contributed by atoms with Crippen molar-refractivity contribution in [3.63, 3.8) is 0 Å². The molecule has 2 rings (SSSR count). The smallest absolute Gasteiger partial charge is 0.130 e. The van der Waals surface area contributed by atoms with Gasteiger partial charge in [-0.15, -0.1) is 0 Å². The van der Waals surface area contributed by atoms with Crippen molar-refractivity contribution in [2.24, 2.45) is 5.73 Å². The highest BCUT2D eigenvalue weighted by Crippen LogP contribution is 2.32. The summed E-state index contributed by atoms with van der Waals surface area (Å²) in [5, 5.41) is 5.24. The van der Waals surface area contributed by atoms with Gasteiger partial charge in [0.2, 0.25) is 0 Å². The first-order valence-electron chi connectivity index (χ1n) is 6.08. The minimum atomic E-state index is 0.371. The van der Waals surface area contributed by atoms with Gasteiger partial charge in [-0.25, -0.2) is 0 Å². The number of hydrogen-bond acceptors (Lipinski definition) is 2. The Labute approximate surface area is 102 Å². The van der Waals surface area contributed by atoms with Crippen molar-refractivity contribution < 1.29 is 0 Å². The van der Waals surface area contributed by atoms with Crippen molar-refractivity contribution in [1.29, 1.82) is 0 Å². The minimum Gasteiger partial charge on any atom is -0.328 e. The first kappa shape index (κ1) is 11.9. The maximum atomic E-state index is 6.36. The van der Waals surface area contributed by atoms with E-state index in [0.29, 0.717) is 18.0 Å². The van der Waals surface area contributed by atoms with Gasteiger partial charge < -0.3 is 5.73 Å². The molecule has 1 saturated carbocycles. The second kappa shape index (κ2) is 4.76. The first-order valence-corrected chi connectivity index (χ1v) is 6.46. The van der Waals surface area contributed by atoms with Gasteiger partial charge in [-0.3, -0.25) is 4.68 Å². The lowest BCUT2D eigenvalue weighted by Crippen LogP contribution is -2.28. The highest BCUT2D eigenvalue weighted by Gasteiger charge is 2.23. The molecule has 1 aromatic rings. The number of nitrogens with zero attached hydrogens (tertiary/aromatic N) is 2. The van der Waals surface area contributed by atoms with Crippen LogP contribution in [0.5, 0.6) is 0 Å². The van der Waals surface area contributed by atoms with Crippen LogP contribution in [-0.2, 0) is 0 Å². The van der Waals surface area contributed by atoms with Crippen molar-refractivity contribution in [2.45, 2.75) is 57.5 Å². The molecule has 1 aliphatic rings. The zero-order valence-corrected chi connectivity index (χ0v) is 10.7. The summed E-state index contributed by atoms with van der Waals surface area (Å²) in [7, 11) is 0. The van der Waals surface area contributed by atoms with E-state index < -0.39 is 0 Å². The summed E-state index contributed by atoms with van der Waals surface area (Å²) >= 11 is 6.36. The van der Waals surface area contributed by atoms with Gasteiger partial charge in [0.1, 0.15) is 5.15 Å². The van der Waals surface area contributed by atoms with Crippen LogP contribution in [0.2, 0.25) is 5.15 Å². The average Bonchev–Trinajstić information content (AvgIpc) is 2.61. The van der Waals surface area contributed by atoms with E-state index in [-0.39, 0.29) is 0 Å². The molecule has 0 aliphatic heterocycles. The van der Waals surface area contributed by atoms with Crippen LogP contribution in [0.3, 0.4) is 0 Å². The highest BCUT2D eigenvalue weighted by atomic mass is 35.5. The molecule has 0 saturated heterocycles. The molecule has 0 bridgehead atoms. The van der Waals surface area contributed by atoms with Crippen LogP contribution in [0, 0.1) is 0 Å². The average molecular weight is 242 g/mol. The third-order valence-corrected chi connectivity index (χ3v) is 3.86. The predicted octanol–water partition coefficient (Wildman–Crippen LogP) is 3.10. The Morgan fingerprint density at radius 3 is 2.50 bits per heavy atom. The summed E-state index contributed by atoms with van der Waals surface area (Å²) in [5.74, 6) is 0.437. The van der Waals surface area contributed by atoms with Crippen LogP contribution < -0.4 is 5.73 Å². The molecule has 2 N–H and O–H groups in total. The Balaban J connectivity index is 2.15. The summed E-state index contributed by atoms with van der Waals surface area (Å²) in [4.78, 5) is 0. The normalized spacial score (nSPS) is 26.3. The molecule has 1 aromatic heterocycles. The van der Waals surface area contributed by atoms with E-state index in [1.54, 1.807) is 0 Å². The Kier molecular flexibility index (Phi) is 3.55. The summed E-state index contributed by atoms with van der Waals surface area (Å²) in [5.41, 5.74) is 7.05. The maximum absolute atomic E-state index is 6.36. The van der Waals surface area contributed by atoms with Crippen LogP contribution >= 0.6 is 11.6 Å². The molecule has 0 amide bonds. The Morgan fingerprint density at radius 2 is 2.00 bits per heavy atom. The third kappa shape index (κ3) is 2.25. The number of aromatic nitrogens is 2. The fraction of sp³-hybridized carbons (Fsp3) is 0.750. The lowest BCUT2D eigenvalue weighted by atomic mass is 9.92. The summed E-state index contributed by atoms with van der Waals surface area (Å²) in [6, 6.07) is 0.815. The van der Waals surface area contributed by atoms with Crippen molar-refractivity contribution >= 4 is 11.6 Å². The van der Waals surface area contributed by atoms with E-state index in [1.165, 1.54) is 0 Å². The summed E-state index contributed by atoms with van der Waals surface area (Å²) in [6.07, 6.45) is 6.26. The molecule has 0 spiro atoms. The Hall–Kier alpha value is -0.540. The molecule has 1 aliphatic carbocycles. The predicted molar refractivity (Wildman–Crippen MR) is 66.8 cm³/mol. The fourth-order valence-electron chi connectivity index (χ4n) is 2.35. The van der Waals surface area contributed by atoms with Crippen LogP contribution in [0.15, 0.2) is 6.20 Å². The molecular formula is C12H20ClN3. The van der Waals surface area contributed by atoms with Crippen LogP contribution in [0.25, 0.3) is 0 Å². The zero-order valence-electron chi connectivity index (χ0n) is 9.99. The number of nitrogens with two attached hydrogens (primary N) is 1. The van der Waals surface area contributed by atoms with Crippen molar-refractivity contribution in [2.75, 3.05) is 0 Å². The molecular weight excluding hydrogens is 222 g/mol. The summed E-state index contributed by atoms with van der Waals surface area (Å²) < 4.78 is 1.99. The molecule has 16 heavy (non-hydrogen) atoms. The lowest BCUT2D eigenvalue weighted by molar-refractivity contribution is 0.304. The van der Waals surface area contributed by atoms with Crippen molar-refractivity contribution in [3.8, 4) is 0 Å². The third-order valence-electron chi connectivity index (χ3n) is 3.47.